The SMILES string of the molecule is Cc1cnc(C)c(C(=O)c2cccs2)n1. The Morgan fingerprint density at radius 2 is 2.20 bits per heavy atom. The Hall–Kier alpha value is -1.55. The van der Waals surface area contributed by atoms with Gasteiger partial charge in [-0.2, -0.15) is 0 Å². The normalized spacial score (nSPS) is 10.3. The summed E-state index contributed by atoms with van der Waals surface area (Å²) in [5, 5.41) is 1.88. The molecule has 0 spiro atoms. The standard InChI is InChI=1S/C11H10N2OS/c1-7-6-12-8(2)10(13-7)11(14)9-4-3-5-15-9/h3-6H,1-2H3. The predicted molar refractivity (Wildman–Crippen MR) is 59.3 cm³/mol. The Balaban J connectivity index is 2.46. The molecule has 4 heteroatoms. The van der Waals surface area contributed by atoms with Crippen molar-refractivity contribution in [3.8, 4) is 0 Å². The predicted octanol–water partition coefficient (Wildman–Crippen LogP) is 2.39. The monoisotopic (exact) mass is 218 g/mol. The third-order valence-corrected chi connectivity index (χ3v) is 2.90. The van der Waals surface area contributed by atoms with Crippen molar-refractivity contribution in [1.29, 1.82) is 0 Å². The number of aromatic nitrogens is 2. The van der Waals surface area contributed by atoms with Gasteiger partial charge in [-0.15, -0.1) is 11.3 Å². The molecule has 0 radical (unpaired) electrons. The molecule has 0 amide bonds. The fourth-order valence-electron chi connectivity index (χ4n) is 1.28. The van der Waals surface area contributed by atoms with E-state index in [4.69, 9.17) is 0 Å². The second-order valence-corrected chi connectivity index (χ2v) is 4.20. The number of carbonyl (C=O) groups excluding carboxylic acids is 1. The maximum absolute atomic E-state index is 12.0. The average Bonchev–Trinajstić information content (AvgIpc) is 2.74. The van der Waals surface area contributed by atoms with Gasteiger partial charge in [0.25, 0.3) is 0 Å². The Morgan fingerprint density at radius 1 is 1.40 bits per heavy atom. The van der Waals surface area contributed by atoms with E-state index in [0.29, 0.717) is 16.3 Å². The molecule has 0 bridgehead atoms. The van der Waals surface area contributed by atoms with Crippen LogP contribution in [-0.2, 0) is 0 Å². The minimum absolute atomic E-state index is 0.0429. The van der Waals surface area contributed by atoms with Crippen LogP contribution in [0.4, 0.5) is 0 Å². The summed E-state index contributed by atoms with van der Waals surface area (Å²) in [7, 11) is 0. The number of hydrogen-bond acceptors (Lipinski definition) is 4. The Labute approximate surface area is 91.8 Å². The van der Waals surface area contributed by atoms with E-state index >= 15 is 0 Å². The van der Waals surface area contributed by atoms with Crippen molar-refractivity contribution in [2.45, 2.75) is 13.8 Å². The van der Waals surface area contributed by atoms with E-state index < -0.39 is 0 Å². The van der Waals surface area contributed by atoms with E-state index in [-0.39, 0.29) is 5.78 Å². The molecule has 0 aliphatic carbocycles. The summed E-state index contributed by atoms with van der Waals surface area (Å²) in [5.41, 5.74) is 1.90. The van der Waals surface area contributed by atoms with Crippen molar-refractivity contribution in [2.75, 3.05) is 0 Å². The molecule has 0 aliphatic heterocycles. The molecule has 0 atom stereocenters. The molecule has 15 heavy (non-hydrogen) atoms. The molecule has 76 valence electrons. The zero-order chi connectivity index (χ0) is 10.8. The van der Waals surface area contributed by atoms with Crippen LogP contribution in [0, 0.1) is 13.8 Å². The summed E-state index contributed by atoms with van der Waals surface area (Å²) < 4.78 is 0. The third-order valence-electron chi connectivity index (χ3n) is 2.04. The Bertz CT molecular complexity index is 491. The lowest BCUT2D eigenvalue weighted by molar-refractivity contribution is 0.103. The first kappa shape index (κ1) is 9.98. The first-order valence-electron chi connectivity index (χ1n) is 4.57. The van der Waals surface area contributed by atoms with Gasteiger partial charge in [-0.3, -0.25) is 9.78 Å². The van der Waals surface area contributed by atoms with Crippen LogP contribution in [0.15, 0.2) is 23.7 Å². The van der Waals surface area contributed by atoms with Crippen molar-refractivity contribution in [3.63, 3.8) is 0 Å². The van der Waals surface area contributed by atoms with Gasteiger partial charge in [0, 0.05) is 6.20 Å². The highest BCUT2D eigenvalue weighted by atomic mass is 32.1. The topological polar surface area (TPSA) is 42.9 Å². The van der Waals surface area contributed by atoms with Gasteiger partial charge >= 0.3 is 0 Å². The van der Waals surface area contributed by atoms with E-state index in [1.165, 1.54) is 11.3 Å². The molecule has 2 aromatic heterocycles. The second kappa shape index (κ2) is 3.90. The van der Waals surface area contributed by atoms with Crippen LogP contribution in [0.1, 0.15) is 26.8 Å². The lowest BCUT2D eigenvalue weighted by Gasteiger charge is -2.02. The number of hydrogen-bond donors (Lipinski definition) is 0. The minimum Gasteiger partial charge on any atom is -0.286 e. The van der Waals surface area contributed by atoms with Crippen LogP contribution in [0.5, 0.6) is 0 Å². The van der Waals surface area contributed by atoms with Crippen molar-refractivity contribution in [3.05, 3.63) is 45.7 Å². The van der Waals surface area contributed by atoms with Gasteiger partial charge in [0.1, 0.15) is 5.69 Å². The number of aryl methyl sites for hydroxylation is 2. The molecule has 0 saturated carbocycles. The first-order chi connectivity index (χ1) is 7.18. The Morgan fingerprint density at radius 3 is 2.87 bits per heavy atom. The van der Waals surface area contributed by atoms with Gasteiger partial charge in [0.05, 0.1) is 16.3 Å². The molecular weight excluding hydrogens is 208 g/mol. The van der Waals surface area contributed by atoms with E-state index in [0.717, 1.165) is 5.69 Å². The molecule has 0 saturated heterocycles. The molecule has 2 aromatic rings. The molecule has 2 rings (SSSR count). The molecule has 0 N–H and O–H groups in total. The third kappa shape index (κ3) is 1.94. The molecule has 0 unspecified atom stereocenters. The summed E-state index contributed by atoms with van der Waals surface area (Å²) in [6, 6.07) is 3.66. The number of rotatable bonds is 2. The van der Waals surface area contributed by atoms with Crippen molar-refractivity contribution in [2.24, 2.45) is 0 Å². The zero-order valence-electron chi connectivity index (χ0n) is 8.52. The first-order valence-corrected chi connectivity index (χ1v) is 5.45. The largest absolute Gasteiger partial charge is 0.286 e. The highest BCUT2D eigenvalue weighted by Gasteiger charge is 2.15. The summed E-state index contributed by atoms with van der Waals surface area (Å²) in [6.45, 7) is 3.63. The van der Waals surface area contributed by atoms with Crippen LogP contribution in [0.2, 0.25) is 0 Å². The number of carbonyl (C=O) groups is 1. The molecule has 0 fully saturated rings. The molecule has 3 nitrogen and oxygen atoms in total. The molecule has 2 heterocycles. The van der Waals surface area contributed by atoms with E-state index in [1.807, 2.05) is 18.4 Å². The van der Waals surface area contributed by atoms with Gasteiger partial charge in [-0.05, 0) is 25.3 Å². The average molecular weight is 218 g/mol. The van der Waals surface area contributed by atoms with Crippen LogP contribution in [0.25, 0.3) is 0 Å². The maximum Gasteiger partial charge on any atom is 0.223 e. The van der Waals surface area contributed by atoms with Crippen molar-refractivity contribution in [1.82, 2.24) is 9.97 Å². The molecular formula is C11H10N2OS. The van der Waals surface area contributed by atoms with Crippen molar-refractivity contribution < 1.29 is 4.79 Å². The summed E-state index contributed by atoms with van der Waals surface area (Å²) in [4.78, 5) is 21.0. The van der Waals surface area contributed by atoms with E-state index in [2.05, 4.69) is 9.97 Å². The second-order valence-electron chi connectivity index (χ2n) is 3.25. The van der Waals surface area contributed by atoms with Gasteiger partial charge in [0.15, 0.2) is 0 Å². The number of nitrogens with zero attached hydrogens (tertiary/aromatic N) is 2. The summed E-state index contributed by atoms with van der Waals surface area (Å²) in [5.74, 6) is -0.0429. The maximum atomic E-state index is 12.0. The van der Waals surface area contributed by atoms with E-state index in [9.17, 15) is 4.79 Å². The smallest absolute Gasteiger partial charge is 0.223 e. The summed E-state index contributed by atoms with van der Waals surface area (Å²) in [6.07, 6.45) is 1.67. The van der Waals surface area contributed by atoms with Gasteiger partial charge in [-0.1, -0.05) is 6.07 Å². The lowest BCUT2D eigenvalue weighted by atomic mass is 10.2. The highest BCUT2D eigenvalue weighted by Crippen LogP contribution is 2.15. The fourth-order valence-corrected chi connectivity index (χ4v) is 1.94. The van der Waals surface area contributed by atoms with Crippen LogP contribution in [0.3, 0.4) is 0 Å². The number of thiophene rings is 1. The summed E-state index contributed by atoms with van der Waals surface area (Å²) >= 11 is 1.42. The molecule has 0 aliphatic rings. The zero-order valence-corrected chi connectivity index (χ0v) is 9.34. The fraction of sp³-hybridized carbons (Fsp3) is 0.182. The molecule has 0 aromatic carbocycles. The van der Waals surface area contributed by atoms with Gasteiger partial charge < -0.3 is 0 Å². The van der Waals surface area contributed by atoms with Crippen LogP contribution < -0.4 is 0 Å². The van der Waals surface area contributed by atoms with Crippen LogP contribution >= 0.6 is 11.3 Å². The van der Waals surface area contributed by atoms with Gasteiger partial charge in [-0.25, -0.2) is 4.98 Å². The lowest BCUT2D eigenvalue weighted by Crippen LogP contribution is -2.07. The van der Waals surface area contributed by atoms with Gasteiger partial charge in [0.2, 0.25) is 5.78 Å². The number of ketones is 1. The van der Waals surface area contributed by atoms with Crippen LogP contribution in [-0.4, -0.2) is 15.8 Å². The Kier molecular flexibility index (Phi) is 2.60. The quantitative estimate of drug-likeness (QED) is 0.727. The van der Waals surface area contributed by atoms with Crippen molar-refractivity contribution >= 4 is 17.1 Å². The minimum atomic E-state index is -0.0429. The van der Waals surface area contributed by atoms with E-state index in [1.54, 1.807) is 19.2 Å². The highest BCUT2D eigenvalue weighted by molar-refractivity contribution is 7.12.